The Balaban J connectivity index is 1.51. The number of carbonyl (C=O) groups excluding carboxylic acids is 1. The van der Waals surface area contributed by atoms with Crippen molar-refractivity contribution in [3.05, 3.63) is 69.1 Å². The van der Waals surface area contributed by atoms with E-state index >= 15 is 0 Å². The number of hydrogen-bond donors (Lipinski definition) is 1. The molecule has 0 bridgehead atoms. The highest BCUT2D eigenvalue weighted by atomic mass is 35.5. The molecule has 0 fully saturated rings. The molecule has 0 aliphatic carbocycles. The zero-order valence-electron chi connectivity index (χ0n) is 15.1. The van der Waals surface area contributed by atoms with Crippen molar-refractivity contribution >= 4 is 57.9 Å². The van der Waals surface area contributed by atoms with Gasteiger partial charge in [0.05, 0.1) is 18.7 Å². The first-order valence-electron chi connectivity index (χ1n) is 8.57. The van der Waals surface area contributed by atoms with E-state index in [0.29, 0.717) is 22.4 Å². The van der Waals surface area contributed by atoms with Gasteiger partial charge in [0.25, 0.3) is 0 Å². The molecular formula is C20H18Cl2N2O2S2. The van der Waals surface area contributed by atoms with Gasteiger partial charge in [-0.1, -0.05) is 41.0 Å². The maximum Gasteiger partial charge on any atom is 0.230 e. The molecule has 28 heavy (non-hydrogen) atoms. The maximum atomic E-state index is 12.2. The summed E-state index contributed by atoms with van der Waals surface area (Å²) in [4.78, 5) is 16.8. The van der Waals surface area contributed by atoms with Gasteiger partial charge in [0.2, 0.25) is 5.91 Å². The van der Waals surface area contributed by atoms with Gasteiger partial charge in [0, 0.05) is 26.9 Å². The first-order valence-corrected chi connectivity index (χ1v) is 11.2. The molecule has 0 aliphatic rings. The number of amides is 1. The highest BCUT2D eigenvalue weighted by Crippen LogP contribution is 2.30. The standard InChI is InChI=1S/C20H18Cl2N2O2S2/c1-2-26-17-7-5-15(6-8-17)23-19(25)10-16-12-28-20(24-16)27-11-13-3-4-14(21)9-18(13)22/h3-9,12H,2,10-11H2,1H3,(H,23,25). The SMILES string of the molecule is CCOc1ccc(NC(=O)Cc2csc(SCc3ccc(Cl)cc3Cl)n2)cc1. The topological polar surface area (TPSA) is 51.2 Å². The minimum absolute atomic E-state index is 0.105. The van der Waals surface area contributed by atoms with E-state index in [9.17, 15) is 4.79 Å². The van der Waals surface area contributed by atoms with Crippen molar-refractivity contribution in [2.24, 2.45) is 0 Å². The van der Waals surface area contributed by atoms with Crippen LogP contribution in [0.5, 0.6) is 5.75 Å². The summed E-state index contributed by atoms with van der Waals surface area (Å²) in [6.07, 6.45) is 0.228. The van der Waals surface area contributed by atoms with E-state index in [4.69, 9.17) is 27.9 Å². The Hall–Kier alpha value is -1.73. The van der Waals surface area contributed by atoms with Crippen molar-refractivity contribution in [1.29, 1.82) is 0 Å². The number of thiazole rings is 1. The van der Waals surface area contributed by atoms with Crippen LogP contribution in [0.25, 0.3) is 0 Å². The van der Waals surface area contributed by atoms with Crippen LogP contribution in [0.2, 0.25) is 10.0 Å². The molecule has 0 saturated carbocycles. The molecule has 1 amide bonds. The van der Waals surface area contributed by atoms with Gasteiger partial charge in [-0.15, -0.1) is 11.3 Å². The van der Waals surface area contributed by atoms with E-state index in [1.54, 1.807) is 17.8 Å². The van der Waals surface area contributed by atoms with Gasteiger partial charge < -0.3 is 10.1 Å². The van der Waals surface area contributed by atoms with Crippen molar-refractivity contribution in [1.82, 2.24) is 4.98 Å². The number of nitrogens with zero attached hydrogens (tertiary/aromatic N) is 1. The van der Waals surface area contributed by atoms with E-state index in [1.165, 1.54) is 11.3 Å². The van der Waals surface area contributed by atoms with E-state index in [1.807, 2.05) is 48.7 Å². The van der Waals surface area contributed by atoms with Crippen LogP contribution < -0.4 is 10.1 Å². The summed E-state index contributed by atoms with van der Waals surface area (Å²) in [7, 11) is 0. The quantitative estimate of drug-likeness (QED) is 0.406. The van der Waals surface area contributed by atoms with Gasteiger partial charge in [-0.05, 0) is 48.9 Å². The Morgan fingerprint density at radius 1 is 1.21 bits per heavy atom. The second-order valence-electron chi connectivity index (χ2n) is 5.81. The Labute approximate surface area is 182 Å². The predicted octanol–water partition coefficient (Wildman–Crippen LogP) is 6.32. The zero-order valence-corrected chi connectivity index (χ0v) is 18.2. The van der Waals surface area contributed by atoms with Crippen LogP contribution in [0.1, 0.15) is 18.2 Å². The smallest absolute Gasteiger partial charge is 0.230 e. The Morgan fingerprint density at radius 2 is 2.00 bits per heavy atom. The third kappa shape index (κ3) is 6.14. The predicted molar refractivity (Wildman–Crippen MR) is 118 cm³/mol. The molecule has 0 aliphatic heterocycles. The van der Waals surface area contributed by atoms with Crippen LogP contribution in [0.4, 0.5) is 5.69 Å². The minimum atomic E-state index is -0.105. The average molecular weight is 453 g/mol. The molecule has 3 rings (SSSR count). The van der Waals surface area contributed by atoms with Gasteiger partial charge >= 0.3 is 0 Å². The maximum absolute atomic E-state index is 12.2. The fourth-order valence-corrected chi connectivity index (χ4v) is 4.79. The van der Waals surface area contributed by atoms with Crippen LogP contribution in [0, 0.1) is 0 Å². The molecule has 1 N–H and O–H groups in total. The highest BCUT2D eigenvalue weighted by molar-refractivity contribution is 8.00. The van der Waals surface area contributed by atoms with Gasteiger partial charge in [0.1, 0.15) is 10.1 Å². The van der Waals surface area contributed by atoms with Crippen LogP contribution in [0.3, 0.4) is 0 Å². The van der Waals surface area contributed by atoms with E-state index in [0.717, 1.165) is 27.0 Å². The van der Waals surface area contributed by atoms with Gasteiger partial charge in [-0.2, -0.15) is 0 Å². The molecule has 1 aromatic heterocycles. The largest absolute Gasteiger partial charge is 0.494 e. The average Bonchev–Trinajstić information content (AvgIpc) is 3.10. The summed E-state index contributed by atoms with van der Waals surface area (Å²) in [6.45, 7) is 2.54. The number of benzene rings is 2. The van der Waals surface area contributed by atoms with Crippen LogP contribution >= 0.6 is 46.3 Å². The molecule has 4 nitrogen and oxygen atoms in total. The van der Waals surface area contributed by atoms with Gasteiger partial charge in [-0.25, -0.2) is 4.98 Å². The number of ether oxygens (including phenoxy) is 1. The highest BCUT2D eigenvalue weighted by Gasteiger charge is 2.10. The number of anilines is 1. The van der Waals surface area contributed by atoms with Crippen LogP contribution in [-0.4, -0.2) is 17.5 Å². The second kappa shape index (κ2) is 10.2. The van der Waals surface area contributed by atoms with E-state index < -0.39 is 0 Å². The van der Waals surface area contributed by atoms with E-state index in [-0.39, 0.29) is 12.3 Å². The van der Waals surface area contributed by atoms with Crippen molar-refractivity contribution in [3.8, 4) is 5.75 Å². The molecule has 2 aromatic carbocycles. The third-order valence-corrected chi connectivity index (χ3v) is 6.39. The zero-order chi connectivity index (χ0) is 19.9. The molecule has 146 valence electrons. The first kappa shape index (κ1) is 21.0. The van der Waals surface area contributed by atoms with E-state index in [2.05, 4.69) is 10.3 Å². The number of nitrogens with one attached hydrogen (secondary N) is 1. The Bertz CT molecular complexity index is 946. The third-order valence-electron chi connectivity index (χ3n) is 3.69. The summed E-state index contributed by atoms with van der Waals surface area (Å²) in [5, 5.41) is 6.04. The first-order chi connectivity index (χ1) is 13.5. The van der Waals surface area contributed by atoms with Crippen molar-refractivity contribution in [2.75, 3.05) is 11.9 Å². The second-order valence-corrected chi connectivity index (χ2v) is 8.74. The molecule has 8 heteroatoms. The Kier molecular flexibility index (Phi) is 7.62. The Morgan fingerprint density at radius 3 is 2.71 bits per heavy atom. The normalized spacial score (nSPS) is 10.7. The lowest BCUT2D eigenvalue weighted by molar-refractivity contribution is -0.115. The molecule has 0 radical (unpaired) electrons. The molecule has 1 heterocycles. The number of aromatic nitrogens is 1. The van der Waals surface area contributed by atoms with Crippen molar-refractivity contribution in [2.45, 2.75) is 23.4 Å². The molecule has 3 aromatic rings. The molecular weight excluding hydrogens is 435 g/mol. The fourth-order valence-electron chi connectivity index (χ4n) is 2.38. The summed E-state index contributed by atoms with van der Waals surface area (Å²) >= 11 is 15.2. The van der Waals surface area contributed by atoms with Crippen molar-refractivity contribution < 1.29 is 9.53 Å². The monoisotopic (exact) mass is 452 g/mol. The fraction of sp³-hybridized carbons (Fsp3) is 0.200. The summed E-state index contributed by atoms with van der Waals surface area (Å²) in [5.41, 5.74) is 2.48. The number of hydrogen-bond acceptors (Lipinski definition) is 5. The minimum Gasteiger partial charge on any atom is -0.494 e. The molecule has 0 saturated heterocycles. The lowest BCUT2D eigenvalue weighted by Crippen LogP contribution is -2.14. The summed E-state index contributed by atoms with van der Waals surface area (Å²) < 4.78 is 6.29. The van der Waals surface area contributed by atoms with Gasteiger partial charge in [-0.3, -0.25) is 4.79 Å². The molecule has 0 atom stereocenters. The molecule has 0 spiro atoms. The summed E-state index contributed by atoms with van der Waals surface area (Å²) in [6, 6.07) is 12.8. The lowest BCUT2D eigenvalue weighted by atomic mass is 10.2. The lowest BCUT2D eigenvalue weighted by Gasteiger charge is -2.06. The number of carbonyl (C=O) groups is 1. The number of rotatable bonds is 8. The van der Waals surface area contributed by atoms with Crippen molar-refractivity contribution in [3.63, 3.8) is 0 Å². The number of thioether (sulfide) groups is 1. The van der Waals surface area contributed by atoms with Crippen LogP contribution in [-0.2, 0) is 17.0 Å². The number of halogens is 2. The summed E-state index contributed by atoms with van der Waals surface area (Å²) in [5.74, 6) is 1.37. The molecule has 0 unspecified atom stereocenters. The van der Waals surface area contributed by atoms with Gasteiger partial charge in [0.15, 0.2) is 0 Å². The van der Waals surface area contributed by atoms with Crippen LogP contribution in [0.15, 0.2) is 52.2 Å².